The van der Waals surface area contributed by atoms with E-state index < -0.39 is 0 Å². The van der Waals surface area contributed by atoms with Crippen molar-refractivity contribution in [3.8, 4) is 0 Å². The van der Waals surface area contributed by atoms with Gasteiger partial charge in [-0.1, -0.05) is 23.9 Å². The van der Waals surface area contributed by atoms with Crippen molar-refractivity contribution in [3.05, 3.63) is 40.6 Å². The van der Waals surface area contributed by atoms with Crippen LogP contribution in [0.2, 0.25) is 0 Å². The number of benzene rings is 1. The molecule has 2 aliphatic rings. The molecule has 0 saturated carbocycles. The van der Waals surface area contributed by atoms with Crippen LogP contribution in [0.5, 0.6) is 0 Å². The van der Waals surface area contributed by atoms with E-state index in [1.54, 1.807) is 4.90 Å². The lowest BCUT2D eigenvalue weighted by Crippen LogP contribution is -2.42. The van der Waals surface area contributed by atoms with Crippen molar-refractivity contribution in [2.75, 3.05) is 58.7 Å². The summed E-state index contributed by atoms with van der Waals surface area (Å²) in [6, 6.07) is 8.41. The maximum absolute atomic E-state index is 13.0. The Bertz CT molecular complexity index is 867. The molecule has 9 heteroatoms. The third kappa shape index (κ3) is 7.13. The zero-order valence-electron chi connectivity index (χ0n) is 21.0. The summed E-state index contributed by atoms with van der Waals surface area (Å²) in [6.07, 6.45) is 3.70. The van der Waals surface area contributed by atoms with Crippen LogP contribution < -0.4 is 16.4 Å². The zero-order valence-corrected chi connectivity index (χ0v) is 21.8. The monoisotopic (exact) mass is 488 g/mol. The average Bonchev–Trinajstić information content (AvgIpc) is 3.43. The largest absolute Gasteiger partial charge is 0.392 e. The van der Waals surface area contributed by atoms with E-state index >= 15 is 0 Å². The maximum Gasteiger partial charge on any atom is 0.270 e. The average molecular weight is 489 g/mol. The Morgan fingerprint density at radius 3 is 2.53 bits per heavy atom. The van der Waals surface area contributed by atoms with Crippen LogP contribution >= 0.6 is 11.8 Å². The quantitative estimate of drug-likeness (QED) is 0.410. The second kappa shape index (κ2) is 12.5. The van der Waals surface area contributed by atoms with E-state index in [-0.39, 0.29) is 28.8 Å². The molecule has 34 heavy (non-hydrogen) atoms. The predicted octanol–water partition coefficient (Wildman–Crippen LogP) is 1.89. The Hall–Kier alpha value is -2.23. The maximum atomic E-state index is 13.0. The Kier molecular flexibility index (Phi) is 9.67. The molecule has 0 spiro atoms. The van der Waals surface area contributed by atoms with Gasteiger partial charge in [-0.05, 0) is 78.0 Å². The minimum atomic E-state index is -0.332. The van der Waals surface area contributed by atoms with Gasteiger partial charge in [-0.3, -0.25) is 9.59 Å². The van der Waals surface area contributed by atoms with Gasteiger partial charge in [-0.15, -0.1) is 0 Å². The molecule has 0 aromatic heterocycles. The number of nitrogens with two attached hydrogens (primary N) is 1. The number of hydrogen-bond acceptors (Lipinski definition) is 7. The lowest BCUT2D eigenvalue weighted by atomic mass is 10.1. The van der Waals surface area contributed by atoms with Crippen LogP contribution in [-0.4, -0.2) is 91.2 Å². The molecule has 0 bridgehead atoms. The Labute approximate surface area is 208 Å². The minimum Gasteiger partial charge on any atom is -0.392 e. The molecule has 0 radical (unpaired) electrons. The van der Waals surface area contributed by atoms with Gasteiger partial charge in [0.25, 0.3) is 5.91 Å². The van der Waals surface area contributed by atoms with E-state index in [2.05, 4.69) is 39.8 Å². The molecular formula is C25H40N6O2S. The van der Waals surface area contributed by atoms with Crippen molar-refractivity contribution in [2.45, 2.75) is 44.4 Å². The van der Waals surface area contributed by atoms with Crippen LogP contribution in [-0.2, 0) is 16.0 Å². The fourth-order valence-corrected chi connectivity index (χ4v) is 5.68. The molecule has 0 aliphatic carbocycles. The Morgan fingerprint density at radius 2 is 1.91 bits per heavy atom. The second-order valence-electron chi connectivity index (χ2n) is 9.42. The van der Waals surface area contributed by atoms with Crippen LogP contribution in [0, 0.1) is 0 Å². The fourth-order valence-electron chi connectivity index (χ4n) is 4.45. The first-order chi connectivity index (χ1) is 16.3. The van der Waals surface area contributed by atoms with Crippen LogP contribution in [0.15, 0.2) is 35.0 Å². The van der Waals surface area contributed by atoms with Crippen LogP contribution in [0.4, 0.5) is 5.69 Å². The van der Waals surface area contributed by atoms with E-state index in [1.807, 2.05) is 32.8 Å². The van der Waals surface area contributed by atoms with Crippen LogP contribution in [0.25, 0.3) is 0 Å². The number of carbonyl (C=O) groups excluding carboxylic acids is 2. The molecule has 4 N–H and O–H groups in total. The molecule has 1 unspecified atom stereocenters. The van der Waals surface area contributed by atoms with E-state index in [0.717, 1.165) is 18.7 Å². The molecule has 188 valence electrons. The van der Waals surface area contributed by atoms with Gasteiger partial charge in [0.15, 0.2) is 0 Å². The first-order valence-electron chi connectivity index (χ1n) is 12.3. The van der Waals surface area contributed by atoms with Crippen LogP contribution in [0.1, 0.15) is 32.3 Å². The smallest absolute Gasteiger partial charge is 0.270 e. The first kappa shape index (κ1) is 26.4. The van der Waals surface area contributed by atoms with Gasteiger partial charge in [0.05, 0.1) is 0 Å². The van der Waals surface area contributed by atoms with Crippen molar-refractivity contribution >= 4 is 29.3 Å². The first-order valence-corrected chi connectivity index (χ1v) is 13.1. The standard InChI is InChI=1S/C25H40N6O2S/c1-5-31-24(33)21(34-25(31)22(26)23(32)28-18(2)17-29(3)4)16-27-20-10-8-19(9-11-20)12-15-30-13-6-7-14-30/h8-11,18,21,27H,5-7,12-17,26H2,1-4H3,(H,28,32)/b25-22+/t18?,21-/m1/s1. The fraction of sp³-hybridized carbons (Fsp3) is 0.600. The summed E-state index contributed by atoms with van der Waals surface area (Å²) in [6.45, 7) is 9.05. The number of nitrogens with zero attached hydrogens (tertiary/aromatic N) is 3. The number of nitrogens with one attached hydrogen (secondary N) is 2. The molecule has 1 aromatic rings. The van der Waals surface area contributed by atoms with E-state index in [4.69, 9.17) is 5.73 Å². The second-order valence-corrected chi connectivity index (χ2v) is 10.6. The molecule has 2 atom stereocenters. The number of likely N-dealkylation sites (N-methyl/N-ethyl adjacent to an activating group) is 1. The molecule has 2 aliphatic heterocycles. The van der Waals surface area contributed by atoms with Gasteiger partial charge in [-0.2, -0.15) is 0 Å². The summed E-state index contributed by atoms with van der Waals surface area (Å²) in [7, 11) is 3.91. The summed E-state index contributed by atoms with van der Waals surface area (Å²) in [5, 5.41) is 6.52. The SMILES string of the molecule is CCN1C(=O)[C@@H](CNc2ccc(CCN3CCCC3)cc2)S/C1=C(/N)C(=O)NC(C)CN(C)C. The predicted molar refractivity (Wildman–Crippen MR) is 140 cm³/mol. The number of anilines is 1. The van der Waals surface area contributed by atoms with Crippen LogP contribution in [0.3, 0.4) is 0 Å². The van der Waals surface area contributed by atoms with E-state index in [9.17, 15) is 9.59 Å². The summed E-state index contributed by atoms with van der Waals surface area (Å²) < 4.78 is 0. The molecule has 3 rings (SSSR count). The molecule has 1 aromatic carbocycles. The lowest BCUT2D eigenvalue weighted by Gasteiger charge is -2.20. The number of likely N-dealkylation sites (tertiary alicyclic amines) is 1. The normalized spacial score (nSPS) is 21.3. The van der Waals surface area contributed by atoms with Crippen molar-refractivity contribution < 1.29 is 9.59 Å². The summed E-state index contributed by atoms with van der Waals surface area (Å²) in [5.41, 5.74) is 8.63. The lowest BCUT2D eigenvalue weighted by molar-refractivity contribution is -0.127. The van der Waals surface area contributed by atoms with E-state index in [1.165, 1.54) is 43.3 Å². The zero-order chi connectivity index (χ0) is 24.7. The summed E-state index contributed by atoms with van der Waals surface area (Å²) in [4.78, 5) is 31.8. The number of thioether (sulfide) groups is 1. The van der Waals surface area contributed by atoms with E-state index in [0.29, 0.717) is 24.7 Å². The third-order valence-electron chi connectivity index (χ3n) is 6.21. The van der Waals surface area contributed by atoms with Gasteiger partial charge in [-0.25, -0.2) is 0 Å². The van der Waals surface area contributed by atoms with Crippen molar-refractivity contribution in [1.82, 2.24) is 20.0 Å². The highest BCUT2D eigenvalue weighted by Crippen LogP contribution is 2.36. The third-order valence-corrected chi connectivity index (χ3v) is 7.53. The topological polar surface area (TPSA) is 93.9 Å². The van der Waals surface area contributed by atoms with Gasteiger partial charge in [0.2, 0.25) is 5.91 Å². The van der Waals surface area contributed by atoms with Gasteiger partial charge in [0.1, 0.15) is 16.0 Å². The van der Waals surface area contributed by atoms with Crippen molar-refractivity contribution in [2.24, 2.45) is 5.73 Å². The highest BCUT2D eigenvalue weighted by atomic mass is 32.2. The minimum absolute atomic E-state index is 0.0191. The number of amides is 2. The highest BCUT2D eigenvalue weighted by molar-refractivity contribution is 8.04. The molecule has 2 amide bonds. The molecule has 8 nitrogen and oxygen atoms in total. The van der Waals surface area contributed by atoms with Gasteiger partial charge >= 0.3 is 0 Å². The number of hydrogen-bond donors (Lipinski definition) is 3. The Balaban J connectivity index is 1.55. The van der Waals surface area contributed by atoms with Gasteiger partial charge in [0, 0.05) is 37.9 Å². The molecule has 2 saturated heterocycles. The molecule has 2 fully saturated rings. The summed E-state index contributed by atoms with van der Waals surface area (Å²) >= 11 is 1.37. The molecular weight excluding hydrogens is 448 g/mol. The number of rotatable bonds is 11. The van der Waals surface area contributed by atoms with Gasteiger partial charge < -0.3 is 31.1 Å². The molecule has 2 heterocycles. The van der Waals surface area contributed by atoms with Crippen molar-refractivity contribution in [1.29, 1.82) is 0 Å². The summed E-state index contributed by atoms with van der Waals surface area (Å²) in [5.74, 6) is -0.351. The number of carbonyl (C=O) groups is 2. The highest BCUT2D eigenvalue weighted by Gasteiger charge is 2.38. The van der Waals surface area contributed by atoms with Crippen molar-refractivity contribution in [3.63, 3.8) is 0 Å². The Morgan fingerprint density at radius 1 is 1.24 bits per heavy atom.